The smallest absolute Gasteiger partial charge is 0.272 e. The molecule has 28 heavy (non-hydrogen) atoms. The minimum Gasteiger partial charge on any atom is -0.395 e. The molecule has 1 unspecified atom stereocenters. The first-order valence-corrected chi connectivity index (χ1v) is 9.55. The van der Waals surface area contributed by atoms with E-state index >= 15 is 0 Å². The Kier molecular flexibility index (Phi) is 6.22. The van der Waals surface area contributed by atoms with Gasteiger partial charge in [0, 0.05) is 18.8 Å². The Morgan fingerprint density at radius 1 is 1.29 bits per heavy atom. The number of anilines is 2. The van der Waals surface area contributed by atoms with Crippen molar-refractivity contribution in [1.29, 1.82) is 0 Å². The molecule has 0 bridgehead atoms. The highest BCUT2D eigenvalue weighted by molar-refractivity contribution is 7.09. The first-order chi connectivity index (χ1) is 13.5. The highest BCUT2D eigenvalue weighted by Crippen LogP contribution is 2.25. The van der Waals surface area contributed by atoms with Crippen molar-refractivity contribution in [3.05, 3.63) is 40.9 Å². The Bertz CT molecular complexity index is 864. The Morgan fingerprint density at radius 2 is 2.04 bits per heavy atom. The van der Waals surface area contributed by atoms with E-state index in [0.717, 1.165) is 24.4 Å². The summed E-state index contributed by atoms with van der Waals surface area (Å²) < 4.78 is 9.35. The fraction of sp³-hybridized carbons (Fsp3) is 0.333. The number of hydrogen-bond acceptors (Lipinski definition) is 7. The van der Waals surface area contributed by atoms with Crippen LogP contribution in [0.25, 0.3) is 0 Å². The molecule has 1 atom stereocenters. The van der Waals surface area contributed by atoms with Crippen molar-refractivity contribution in [3.8, 4) is 0 Å². The molecule has 1 aliphatic heterocycles. The van der Waals surface area contributed by atoms with Gasteiger partial charge in [0.05, 0.1) is 11.8 Å². The molecule has 2 heterocycles. The Morgan fingerprint density at radius 3 is 2.64 bits per heavy atom. The average Bonchev–Trinajstić information content (AvgIpc) is 3.34. The van der Waals surface area contributed by atoms with E-state index in [4.69, 9.17) is 16.2 Å². The second-order valence-corrected chi connectivity index (χ2v) is 7.08. The van der Waals surface area contributed by atoms with Crippen LogP contribution in [0.5, 0.6) is 0 Å². The number of para-hydroxylation sites is 1. The molecule has 1 aromatic heterocycles. The summed E-state index contributed by atoms with van der Waals surface area (Å²) in [6.45, 7) is 0.880. The molecule has 0 saturated carbocycles. The highest BCUT2D eigenvalue weighted by atomic mass is 32.1. The zero-order chi connectivity index (χ0) is 20.1. The van der Waals surface area contributed by atoms with Crippen LogP contribution >= 0.6 is 11.5 Å². The molecule has 10 heteroatoms. The summed E-state index contributed by atoms with van der Waals surface area (Å²) in [6, 6.07) is 8.72. The molecule has 5 N–H and O–H groups in total. The number of aromatic nitrogens is 1. The lowest BCUT2D eigenvalue weighted by atomic mass is 10.2. The van der Waals surface area contributed by atoms with E-state index < -0.39 is 11.8 Å². The molecular weight excluding hydrogens is 382 g/mol. The summed E-state index contributed by atoms with van der Waals surface area (Å²) in [5.74, 6) is -1.67. The number of nitrogen functional groups attached to an aromatic ring is 1. The molecule has 0 spiro atoms. The van der Waals surface area contributed by atoms with Crippen LogP contribution in [0, 0.1) is 0 Å². The van der Waals surface area contributed by atoms with Crippen LogP contribution in [-0.2, 0) is 9.53 Å². The van der Waals surface area contributed by atoms with E-state index in [-0.39, 0.29) is 34.8 Å². The minimum atomic E-state index is -0.812. The van der Waals surface area contributed by atoms with Crippen molar-refractivity contribution in [2.45, 2.75) is 18.9 Å². The molecule has 0 radical (unpaired) electrons. The van der Waals surface area contributed by atoms with E-state index in [0.29, 0.717) is 18.8 Å². The van der Waals surface area contributed by atoms with Gasteiger partial charge in [-0.3, -0.25) is 19.3 Å². The fourth-order valence-corrected chi connectivity index (χ4v) is 3.63. The molecule has 148 valence electrons. The Labute approximate surface area is 165 Å². The molecule has 3 rings (SSSR count). The van der Waals surface area contributed by atoms with Gasteiger partial charge in [0.2, 0.25) is 5.91 Å². The zero-order valence-electron chi connectivity index (χ0n) is 15.1. The van der Waals surface area contributed by atoms with Gasteiger partial charge in [0.1, 0.15) is 11.4 Å². The quantitative estimate of drug-likeness (QED) is 0.623. The summed E-state index contributed by atoms with van der Waals surface area (Å²) in [5, 5.41) is 2.79. The van der Waals surface area contributed by atoms with E-state index in [1.54, 1.807) is 30.3 Å². The predicted octanol–water partition coefficient (Wildman–Crippen LogP) is 0.766. The van der Waals surface area contributed by atoms with Crippen molar-refractivity contribution in [2.24, 2.45) is 5.73 Å². The van der Waals surface area contributed by atoms with Crippen LogP contribution in [-0.4, -0.2) is 47.9 Å². The number of benzene rings is 1. The molecule has 9 nitrogen and oxygen atoms in total. The van der Waals surface area contributed by atoms with Crippen LogP contribution in [0.1, 0.15) is 33.0 Å². The van der Waals surface area contributed by atoms with Crippen molar-refractivity contribution < 1.29 is 19.1 Å². The van der Waals surface area contributed by atoms with Crippen LogP contribution in [0.15, 0.2) is 30.3 Å². The third-order valence-electron chi connectivity index (χ3n) is 4.32. The van der Waals surface area contributed by atoms with Gasteiger partial charge in [-0.05, 0) is 36.5 Å². The van der Waals surface area contributed by atoms with E-state index in [2.05, 4.69) is 9.69 Å². The number of amides is 3. The molecule has 1 aliphatic rings. The van der Waals surface area contributed by atoms with E-state index in [9.17, 15) is 14.4 Å². The van der Waals surface area contributed by atoms with Crippen molar-refractivity contribution in [3.63, 3.8) is 0 Å². The average molecular weight is 403 g/mol. The van der Waals surface area contributed by atoms with Gasteiger partial charge in [-0.1, -0.05) is 18.2 Å². The topological polar surface area (TPSA) is 141 Å². The van der Waals surface area contributed by atoms with Gasteiger partial charge >= 0.3 is 0 Å². The SMILES string of the molecule is NC(=O)c1nsc(C(=O)N(CC(=O)NCC2CCCO2)c2ccccc2)c1N. The van der Waals surface area contributed by atoms with Crippen LogP contribution in [0.2, 0.25) is 0 Å². The number of primary amides is 1. The van der Waals surface area contributed by atoms with Crippen LogP contribution in [0.3, 0.4) is 0 Å². The minimum absolute atomic E-state index is 0.0000852. The van der Waals surface area contributed by atoms with E-state index in [1.807, 2.05) is 0 Å². The molecule has 1 aromatic carbocycles. The van der Waals surface area contributed by atoms with Gasteiger partial charge in [-0.15, -0.1) is 0 Å². The highest BCUT2D eigenvalue weighted by Gasteiger charge is 2.27. The summed E-state index contributed by atoms with van der Waals surface area (Å²) in [7, 11) is 0. The summed E-state index contributed by atoms with van der Waals surface area (Å²) in [5.41, 5.74) is 11.4. The first-order valence-electron chi connectivity index (χ1n) is 8.77. The molecule has 2 aromatic rings. The normalized spacial score (nSPS) is 15.9. The van der Waals surface area contributed by atoms with Crippen LogP contribution in [0.4, 0.5) is 11.4 Å². The number of ether oxygens (including phenoxy) is 1. The van der Waals surface area contributed by atoms with Crippen LogP contribution < -0.4 is 21.7 Å². The largest absolute Gasteiger partial charge is 0.395 e. The maximum absolute atomic E-state index is 13.1. The lowest BCUT2D eigenvalue weighted by molar-refractivity contribution is -0.120. The second kappa shape index (κ2) is 8.81. The number of carbonyl (C=O) groups excluding carboxylic acids is 3. The maximum atomic E-state index is 13.1. The van der Waals surface area contributed by atoms with Gasteiger partial charge in [0.25, 0.3) is 11.8 Å². The molecule has 1 saturated heterocycles. The van der Waals surface area contributed by atoms with Gasteiger partial charge in [-0.2, -0.15) is 4.37 Å². The summed E-state index contributed by atoms with van der Waals surface area (Å²) in [4.78, 5) is 38.2. The zero-order valence-corrected chi connectivity index (χ0v) is 15.9. The number of hydrogen-bond donors (Lipinski definition) is 3. The second-order valence-electron chi connectivity index (χ2n) is 6.30. The van der Waals surface area contributed by atoms with Crippen molar-refractivity contribution in [1.82, 2.24) is 9.69 Å². The number of carbonyl (C=O) groups is 3. The molecule has 3 amide bonds. The van der Waals surface area contributed by atoms with Crippen molar-refractivity contribution in [2.75, 3.05) is 30.3 Å². The third-order valence-corrected chi connectivity index (χ3v) is 5.17. The van der Waals surface area contributed by atoms with E-state index in [1.165, 1.54) is 4.90 Å². The number of nitrogens with one attached hydrogen (secondary N) is 1. The van der Waals surface area contributed by atoms with Gasteiger partial charge in [-0.25, -0.2) is 0 Å². The number of nitrogens with two attached hydrogens (primary N) is 2. The lowest BCUT2D eigenvalue weighted by Crippen LogP contribution is -2.42. The number of rotatable bonds is 7. The standard InChI is InChI=1S/C18H21N5O4S/c19-14-15(17(20)25)22-28-16(14)18(26)23(11-5-2-1-3-6-11)10-13(24)21-9-12-7-4-8-27-12/h1-3,5-6,12H,4,7-10,19H2,(H2,20,25)(H,21,24). The fourth-order valence-electron chi connectivity index (χ4n) is 2.87. The summed E-state index contributed by atoms with van der Waals surface area (Å²) >= 11 is 0.778. The van der Waals surface area contributed by atoms with Crippen molar-refractivity contribution >= 4 is 40.6 Å². The Hall–Kier alpha value is -2.98. The van der Waals surface area contributed by atoms with Gasteiger partial charge in [0.15, 0.2) is 5.69 Å². The monoisotopic (exact) mass is 403 g/mol. The Balaban J connectivity index is 1.78. The third kappa shape index (κ3) is 4.46. The molecule has 0 aliphatic carbocycles. The predicted molar refractivity (Wildman–Crippen MR) is 105 cm³/mol. The number of nitrogens with zero attached hydrogens (tertiary/aromatic N) is 2. The lowest BCUT2D eigenvalue weighted by Gasteiger charge is -2.22. The molecular formula is C18H21N5O4S. The van der Waals surface area contributed by atoms with Gasteiger partial charge < -0.3 is 21.5 Å². The summed E-state index contributed by atoms with van der Waals surface area (Å²) in [6.07, 6.45) is 1.87. The first kappa shape index (κ1) is 19.8. The maximum Gasteiger partial charge on any atom is 0.272 e. The molecule has 1 fully saturated rings.